The molecule has 1 saturated carbocycles. The van der Waals surface area contributed by atoms with Crippen LogP contribution < -0.4 is 20.1 Å². The summed E-state index contributed by atoms with van der Waals surface area (Å²) >= 11 is 0. The van der Waals surface area contributed by atoms with E-state index in [4.69, 9.17) is 18.9 Å². The lowest BCUT2D eigenvalue weighted by atomic mass is 9.89. The molecule has 24 heavy (non-hydrogen) atoms. The Kier molecular flexibility index (Phi) is 4.20. The van der Waals surface area contributed by atoms with Gasteiger partial charge < -0.3 is 29.6 Å². The first-order chi connectivity index (χ1) is 11.8. The van der Waals surface area contributed by atoms with Crippen LogP contribution in [0.2, 0.25) is 0 Å². The highest BCUT2D eigenvalue weighted by Gasteiger charge is 2.46. The van der Waals surface area contributed by atoms with Gasteiger partial charge >= 0.3 is 6.03 Å². The maximum absolute atomic E-state index is 12.4. The van der Waals surface area contributed by atoms with E-state index in [1.807, 2.05) is 0 Å². The van der Waals surface area contributed by atoms with Gasteiger partial charge in [-0.15, -0.1) is 0 Å². The Labute approximate surface area is 140 Å². The van der Waals surface area contributed by atoms with Crippen LogP contribution in [-0.4, -0.2) is 44.3 Å². The molecule has 1 atom stereocenters. The first-order valence-corrected chi connectivity index (χ1v) is 8.50. The van der Waals surface area contributed by atoms with Crippen molar-refractivity contribution in [3.05, 3.63) is 18.2 Å². The minimum atomic E-state index is -0.650. The summed E-state index contributed by atoms with van der Waals surface area (Å²) < 4.78 is 22.7. The van der Waals surface area contributed by atoms with Gasteiger partial charge in [0.1, 0.15) is 13.2 Å². The Morgan fingerprint density at radius 2 is 1.83 bits per heavy atom. The van der Waals surface area contributed by atoms with Gasteiger partial charge in [-0.2, -0.15) is 0 Å². The van der Waals surface area contributed by atoms with Crippen molar-refractivity contribution >= 4 is 11.7 Å². The summed E-state index contributed by atoms with van der Waals surface area (Å²) in [5.41, 5.74) is 0.662. The zero-order valence-corrected chi connectivity index (χ0v) is 13.5. The van der Waals surface area contributed by atoms with Crippen LogP contribution in [0.25, 0.3) is 0 Å². The van der Waals surface area contributed by atoms with Crippen molar-refractivity contribution in [2.75, 3.05) is 31.7 Å². The van der Waals surface area contributed by atoms with Crippen molar-refractivity contribution in [2.24, 2.45) is 0 Å². The Morgan fingerprint density at radius 1 is 1.04 bits per heavy atom. The average molecular weight is 334 g/mol. The average Bonchev–Trinajstić information content (AvgIpc) is 3.06. The van der Waals surface area contributed by atoms with Gasteiger partial charge in [0.05, 0.1) is 19.3 Å². The van der Waals surface area contributed by atoms with Crippen molar-refractivity contribution < 1.29 is 23.7 Å². The highest BCUT2D eigenvalue weighted by molar-refractivity contribution is 5.90. The SMILES string of the molecule is O=C(Nc1ccc2c(c1)OCCO2)N[C@@H]1CCCCC12OCCO2. The summed E-state index contributed by atoms with van der Waals surface area (Å²) in [7, 11) is 0. The first-order valence-electron chi connectivity index (χ1n) is 8.50. The molecule has 1 aromatic carbocycles. The Hall–Kier alpha value is -1.99. The lowest BCUT2D eigenvalue weighted by Gasteiger charge is -2.39. The van der Waals surface area contributed by atoms with Gasteiger partial charge in [0.2, 0.25) is 0 Å². The first kappa shape index (κ1) is 15.5. The lowest BCUT2D eigenvalue weighted by Crippen LogP contribution is -2.56. The molecule has 1 saturated heterocycles. The second-order valence-electron chi connectivity index (χ2n) is 6.26. The van der Waals surface area contributed by atoms with E-state index in [1.165, 1.54) is 0 Å². The van der Waals surface area contributed by atoms with Crippen LogP contribution >= 0.6 is 0 Å². The van der Waals surface area contributed by atoms with E-state index in [1.54, 1.807) is 18.2 Å². The molecule has 7 nitrogen and oxygen atoms in total. The number of fused-ring (bicyclic) bond motifs is 1. The quantitative estimate of drug-likeness (QED) is 0.867. The zero-order valence-electron chi connectivity index (χ0n) is 13.5. The molecule has 4 rings (SSSR count). The number of anilines is 1. The van der Waals surface area contributed by atoms with Gasteiger partial charge in [0.15, 0.2) is 17.3 Å². The summed E-state index contributed by atoms with van der Waals surface area (Å²) in [6.07, 6.45) is 3.79. The molecule has 130 valence electrons. The Bertz CT molecular complexity index is 615. The summed E-state index contributed by atoms with van der Waals surface area (Å²) in [6, 6.07) is 4.97. The third kappa shape index (κ3) is 3.01. The number of amides is 2. The Balaban J connectivity index is 1.41. The van der Waals surface area contributed by atoms with Crippen molar-refractivity contribution in [3.8, 4) is 11.5 Å². The number of urea groups is 1. The van der Waals surface area contributed by atoms with E-state index in [0.717, 1.165) is 25.7 Å². The van der Waals surface area contributed by atoms with E-state index < -0.39 is 5.79 Å². The number of benzene rings is 1. The fraction of sp³-hybridized carbons (Fsp3) is 0.588. The normalized spacial score (nSPS) is 24.6. The van der Waals surface area contributed by atoms with Crippen LogP contribution in [0.5, 0.6) is 11.5 Å². The van der Waals surface area contributed by atoms with E-state index in [9.17, 15) is 4.79 Å². The molecule has 0 aromatic heterocycles. The molecule has 1 aromatic rings. The van der Waals surface area contributed by atoms with Crippen molar-refractivity contribution in [2.45, 2.75) is 37.5 Å². The number of carbonyl (C=O) groups is 1. The summed E-state index contributed by atoms with van der Waals surface area (Å²) in [5.74, 6) is 0.699. The van der Waals surface area contributed by atoms with Crippen LogP contribution in [-0.2, 0) is 9.47 Å². The molecule has 0 radical (unpaired) electrons. The van der Waals surface area contributed by atoms with Crippen LogP contribution in [0.15, 0.2) is 18.2 Å². The van der Waals surface area contributed by atoms with E-state index >= 15 is 0 Å². The molecular weight excluding hydrogens is 312 g/mol. The smallest absolute Gasteiger partial charge is 0.319 e. The fourth-order valence-electron chi connectivity index (χ4n) is 3.56. The summed E-state index contributed by atoms with van der Waals surface area (Å²) in [6.45, 7) is 2.23. The van der Waals surface area contributed by atoms with Crippen molar-refractivity contribution in [1.29, 1.82) is 0 Å². The third-order valence-electron chi connectivity index (χ3n) is 4.68. The van der Waals surface area contributed by atoms with Crippen LogP contribution in [0.4, 0.5) is 10.5 Å². The topological polar surface area (TPSA) is 78.1 Å². The predicted molar refractivity (Wildman–Crippen MR) is 86.5 cm³/mol. The molecule has 2 fully saturated rings. The second kappa shape index (κ2) is 6.49. The number of carbonyl (C=O) groups excluding carboxylic acids is 1. The molecule has 1 spiro atoms. The van der Waals surface area contributed by atoms with Crippen molar-refractivity contribution in [3.63, 3.8) is 0 Å². The maximum atomic E-state index is 12.4. The molecule has 3 aliphatic rings. The van der Waals surface area contributed by atoms with Gasteiger partial charge in [-0.05, 0) is 25.0 Å². The van der Waals surface area contributed by atoms with E-state index in [-0.39, 0.29) is 12.1 Å². The monoisotopic (exact) mass is 334 g/mol. The molecule has 2 heterocycles. The Morgan fingerprint density at radius 3 is 2.67 bits per heavy atom. The number of ether oxygens (including phenoxy) is 4. The molecule has 2 aliphatic heterocycles. The third-order valence-corrected chi connectivity index (χ3v) is 4.68. The number of hydrogen-bond acceptors (Lipinski definition) is 5. The van der Waals surface area contributed by atoms with Gasteiger partial charge in [-0.1, -0.05) is 6.42 Å². The van der Waals surface area contributed by atoms with Gasteiger partial charge in [-0.25, -0.2) is 4.79 Å². The molecule has 7 heteroatoms. The molecule has 1 aliphatic carbocycles. The molecular formula is C17H22N2O5. The standard InChI is InChI=1S/C17H22N2O5/c20-16(18-12-4-5-13-14(11-12)22-8-7-21-13)19-15-3-1-2-6-17(15)23-9-10-24-17/h4-5,11,15H,1-3,6-10H2,(H2,18,19,20)/t15-/m1/s1. The minimum Gasteiger partial charge on any atom is -0.486 e. The molecule has 0 bridgehead atoms. The largest absolute Gasteiger partial charge is 0.486 e. The van der Waals surface area contributed by atoms with Crippen LogP contribution in [0, 0.1) is 0 Å². The zero-order chi connectivity index (χ0) is 16.4. The second-order valence-corrected chi connectivity index (χ2v) is 6.26. The minimum absolute atomic E-state index is 0.133. The van der Waals surface area contributed by atoms with Gasteiger partial charge in [0.25, 0.3) is 0 Å². The highest BCUT2D eigenvalue weighted by Crippen LogP contribution is 2.36. The summed E-state index contributed by atoms with van der Waals surface area (Å²) in [5, 5.41) is 5.86. The number of nitrogens with one attached hydrogen (secondary N) is 2. The molecule has 2 amide bonds. The highest BCUT2D eigenvalue weighted by atomic mass is 16.7. The number of rotatable bonds is 2. The van der Waals surface area contributed by atoms with Crippen LogP contribution in [0.3, 0.4) is 0 Å². The summed E-state index contributed by atoms with van der Waals surface area (Å²) in [4.78, 5) is 12.4. The van der Waals surface area contributed by atoms with Gasteiger partial charge in [0, 0.05) is 18.2 Å². The molecule has 2 N–H and O–H groups in total. The van der Waals surface area contributed by atoms with Gasteiger partial charge in [-0.3, -0.25) is 0 Å². The lowest BCUT2D eigenvalue weighted by molar-refractivity contribution is -0.192. The fourth-order valence-corrected chi connectivity index (χ4v) is 3.56. The van der Waals surface area contributed by atoms with E-state index in [2.05, 4.69) is 10.6 Å². The van der Waals surface area contributed by atoms with E-state index in [0.29, 0.717) is 43.6 Å². The predicted octanol–water partition coefficient (Wildman–Crippen LogP) is 2.26. The number of hydrogen-bond donors (Lipinski definition) is 2. The maximum Gasteiger partial charge on any atom is 0.319 e. The van der Waals surface area contributed by atoms with Crippen LogP contribution in [0.1, 0.15) is 25.7 Å². The van der Waals surface area contributed by atoms with Crippen molar-refractivity contribution in [1.82, 2.24) is 5.32 Å². The molecule has 0 unspecified atom stereocenters.